The molecule has 9 heteroatoms. The fourth-order valence-corrected chi connectivity index (χ4v) is 5.67. The molecular weight excluding hydrogens is 554 g/mol. The second-order valence-corrected chi connectivity index (χ2v) is 10.9. The Labute approximate surface area is 246 Å². The molecule has 43 heavy (non-hydrogen) atoms. The number of aliphatic carboxylic acids is 1. The van der Waals surface area contributed by atoms with Crippen molar-refractivity contribution in [3.05, 3.63) is 112 Å². The first-order valence-corrected chi connectivity index (χ1v) is 14.0. The average Bonchev–Trinajstić information content (AvgIpc) is 3.30. The Bertz CT molecular complexity index is 1890. The van der Waals surface area contributed by atoms with E-state index in [1.54, 1.807) is 34.9 Å². The number of aromatic nitrogens is 2. The number of carboxylic acid groups (broad SMARTS) is 1. The number of carbonyl (C=O) groups is 1. The first-order chi connectivity index (χ1) is 20.5. The van der Waals surface area contributed by atoms with Crippen LogP contribution in [0.25, 0.3) is 39.0 Å². The van der Waals surface area contributed by atoms with Crippen molar-refractivity contribution in [1.29, 1.82) is 0 Å². The minimum Gasteiger partial charge on any atom is -0.481 e. The van der Waals surface area contributed by atoms with E-state index in [0.29, 0.717) is 38.8 Å². The van der Waals surface area contributed by atoms with Gasteiger partial charge in [-0.05, 0) is 61.4 Å². The summed E-state index contributed by atoms with van der Waals surface area (Å²) in [4.78, 5) is 25.4. The number of pyridine rings is 1. The van der Waals surface area contributed by atoms with Gasteiger partial charge in [0.2, 0.25) is 0 Å². The number of fused-ring (bicyclic) bond motifs is 3. The lowest BCUT2D eigenvalue weighted by molar-refractivity contribution is -0.139. The van der Waals surface area contributed by atoms with E-state index in [1.807, 2.05) is 42.7 Å². The van der Waals surface area contributed by atoms with Gasteiger partial charge in [-0.1, -0.05) is 48.5 Å². The molecule has 0 spiro atoms. The van der Waals surface area contributed by atoms with Gasteiger partial charge in [0, 0.05) is 34.5 Å². The smallest absolute Gasteiger partial charge is 0.305 e. The number of para-hydroxylation sites is 1. The van der Waals surface area contributed by atoms with Crippen LogP contribution in [-0.4, -0.2) is 42.6 Å². The van der Waals surface area contributed by atoms with Crippen LogP contribution in [0.3, 0.4) is 0 Å². The molecule has 0 aliphatic carbocycles. The van der Waals surface area contributed by atoms with Gasteiger partial charge < -0.3 is 24.5 Å². The van der Waals surface area contributed by atoms with E-state index in [4.69, 9.17) is 5.11 Å². The molecule has 5 aromatic rings. The summed E-state index contributed by atoms with van der Waals surface area (Å²) in [5.74, 6) is -2.00. The zero-order valence-electron chi connectivity index (χ0n) is 23.7. The Morgan fingerprint density at radius 3 is 2.35 bits per heavy atom. The Morgan fingerprint density at radius 1 is 0.953 bits per heavy atom. The van der Waals surface area contributed by atoms with E-state index in [-0.39, 0.29) is 24.6 Å². The number of nitrogens with zero attached hydrogens (tertiary/aromatic N) is 2. The molecule has 2 aromatic heterocycles. The maximum absolute atomic E-state index is 14.4. The molecule has 0 saturated carbocycles. The van der Waals surface area contributed by atoms with Crippen molar-refractivity contribution >= 4 is 33.9 Å². The van der Waals surface area contributed by atoms with Gasteiger partial charge in [-0.15, -0.1) is 0 Å². The molecule has 3 N–H and O–H groups in total. The number of carboxylic acids is 1. The minimum atomic E-state index is -1.25. The van der Waals surface area contributed by atoms with Crippen molar-refractivity contribution < 1.29 is 28.9 Å². The molecule has 0 amide bonds. The maximum atomic E-state index is 14.4. The largest absolute Gasteiger partial charge is 0.481 e. The molecular formula is C34H32F2N2O5. The highest BCUT2D eigenvalue weighted by molar-refractivity contribution is 6.15. The van der Waals surface area contributed by atoms with Crippen molar-refractivity contribution in [3.8, 4) is 11.1 Å². The third-order valence-corrected chi connectivity index (χ3v) is 7.43. The molecule has 0 radical (unpaired) electrons. The Kier molecular flexibility index (Phi) is 8.57. The van der Waals surface area contributed by atoms with E-state index >= 15 is 0 Å². The molecule has 0 aliphatic rings. The summed E-state index contributed by atoms with van der Waals surface area (Å²) in [7, 11) is 0. The van der Waals surface area contributed by atoms with E-state index in [2.05, 4.69) is 0 Å². The number of hydrogen-bond acceptors (Lipinski definition) is 4. The average molecular weight is 587 g/mol. The third-order valence-electron chi connectivity index (χ3n) is 7.43. The fourth-order valence-electron chi connectivity index (χ4n) is 5.67. The van der Waals surface area contributed by atoms with Crippen LogP contribution in [0.1, 0.15) is 44.0 Å². The summed E-state index contributed by atoms with van der Waals surface area (Å²) in [6, 6.07) is 19.2. The lowest BCUT2D eigenvalue weighted by Gasteiger charge is -2.16. The van der Waals surface area contributed by atoms with Crippen molar-refractivity contribution in [2.45, 2.75) is 51.5 Å². The van der Waals surface area contributed by atoms with E-state index < -0.39 is 36.2 Å². The lowest BCUT2D eigenvalue weighted by atomic mass is 9.98. The third kappa shape index (κ3) is 6.14. The number of aliphatic hydroxyl groups excluding tert-OH is 2. The minimum absolute atomic E-state index is 0.132. The number of benzene rings is 3. The van der Waals surface area contributed by atoms with Crippen LogP contribution in [0, 0.1) is 11.6 Å². The summed E-state index contributed by atoms with van der Waals surface area (Å²) in [5, 5.41) is 31.1. The number of rotatable bonds is 10. The summed E-state index contributed by atoms with van der Waals surface area (Å²) < 4.78 is 31.6. The lowest BCUT2D eigenvalue weighted by Crippen LogP contribution is -2.24. The van der Waals surface area contributed by atoms with E-state index in [9.17, 15) is 28.6 Å². The first kappa shape index (κ1) is 29.9. The highest BCUT2D eigenvalue weighted by Crippen LogP contribution is 2.40. The molecule has 2 heterocycles. The van der Waals surface area contributed by atoms with Crippen LogP contribution in [0.4, 0.5) is 8.78 Å². The van der Waals surface area contributed by atoms with Gasteiger partial charge in [0.05, 0.1) is 30.7 Å². The zero-order chi connectivity index (χ0) is 30.8. The molecule has 0 bridgehead atoms. The molecule has 5 rings (SSSR count). The Morgan fingerprint density at radius 2 is 1.67 bits per heavy atom. The monoisotopic (exact) mass is 586 g/mol. The summed E-state index contributed by atoms with van der Waals surface area (Å²) in [5.41, 5.74) is 3.24. The van der Waals surface area contributed by atoms with Crippen molar-refractivity contribution in [2.24, 2.45) is 0 Å². The van der Waals surface area contributed by atoms with E-state index in [0.717, 1.165) is 5.39 Å². The van der Waals surface area contributed by atoms with Crippen molar-refractivity contribution in [2.75, 3.05) is 0 Å². The van der Waals surface area contributed by atoms with Gasteiger partial charge in [0.15, 0.2) is 0 Å². The molecule has 0 aliphatic heterocycles. The van der Waals surface area contributed by atoms with Crippen LogP contribution in [0.15, 0.2) is 83.7 Å². The molecule has 0 unspecified atom stereocenters. The van der Waals surface area contributed by atoms with Crippen molar-refractivity contribution in [3.63, 3.8) is 0 Å². The summed E-state index contributed by atoms with van der Waals surface area (Å²) in [6.07, 6.45) is -0.00541. The number of halogens is 2. The van der Waals surface area contributed by atoms with Gasteiger partial charge in [-0.3, -0.25) is 9.59 Å². The molecule has 0 saturated heterocycles. The van der Waals surface area contributed by atoms with Gasteiger partial charge in [0.1, 0.15) is 17.2 Å². The second-order valence-electron chi connectivity index (χ2n) is 10.9. The van der Waals surface area contributed by atoms with Gasteiger partial charge in [-0.25, -0.2) is 8.78 Å². The highest BCUT2D eigenvalue weighted by atomic mass is 19.1. The molecule has 0 fully saturated rings. The summed E-state index contributed by atoms with van der Waals surface area (Å²) >= 11 is 0. The van der Waals surface area contributed by atoms with Crippen molar-refractivity contribution in [1.82, 2.24) is 9.13 Å². The normalized spacial score (nSPS) is 13.4. The fraction of sp³-hybridized carbons (Fsp3) is 0.235. The van der Waals surface area contributed by atoms with Gasteiger partial charge >= 0.3 is 5.97 Å². The summed E-state index contributed by atoms with van der Waals surface area (Å²) in [6.45, 7) is 3.97. The molecule has 7 nitrogen and oxygen atoms in total. The molecule has 3 aromatic carbocycles. The Hall–Kier alpha value is -4.60. The predicted molar refractivity (Wildman–Crippen MR) is 163 cm³/mol. The van der Waals surface area contributed by atoms with Crippen LogP contribution >= 0.6 is 0 Å². The molecule has 2 atom stereocenters. The standard InChI is InChI=1S/C34H32F2N2O5/c1-20(2)38-29(15-14-25(39)17-26(40)18-30(41)42)31(22-10-12-23(35)13-11-22)32-27-8-3-4-9-28(27)37(34(43)33(32)38)19-21-6-5-7-24(36)16-21/h3-16,20,25-26,39-40H,17-19H2,1-2H3,(H,41,42)/b15-14+/t25-,26+/m0/s1. The number of hydrogen-bond donors (Lipinski definition) is 3. The Balaban J connectivity index is 1.81. The maximum Gasteiger partial charge on any atom is 0.305 e. The van der Waals surface area contributed by atoms with E-state index in [1.165, 1.54) is 30.3 Å². The van der Waals surface area contributed by atoms with Crippen LogP contribution in [0.5, 0.6) is 0 Å². The highest BCUT2D eigenvalue weighted by Gasteiger charge is 2.25. The first-order valence-electron chi connectivity index (χ1n) is 14.0. The zero-order valence-corrected chi connectivity index (χ0v) is 23.7. The topological polar surface area (TPSA) is 105 Å². The van der Waals surface area contributed by atoms with Gasteiger partial charge in [0.25, 0.3) is 5.56 Å². The van der Waals surface area contributed by atoms with Crippen LogP contribution in [-0.2, 0) is 11.3 Å². The molecule has 222 valence electrons. The SMILES string of the molecule is CC(C)n1c(/C=C/[C@H](O)C[C@@H](O)CC(=O)O)c(-c2ccc(F)cc2)c2c3ccccc3n(Cc3cccc(F)c3)c(=O)c21. The predicted octanol–water partition coefficient (Wildman–Crippen LogP) is 6.13. The number of aliphatic hydroxyl groups is 2. The second kappa shape index (κ2) is 12.3. The van der Waals surface area contributed by atoms with Crippen LogP contribution in [0.2, 0.25) is 0 Å². The van der Waals surface area contributed by atoms with Crippen LogP contribution < -0.4 is 5.56 Å². The van der Waals surface area contributed by atoms with Gasteiger partial charge in [-0.2, -0.15) is 0 Å². The quantitative estimate of drug-likeness (QED) is 0.183.